The number of piperazine rings is 1. The number of hydrogen-bond donors (Lipinski definition) is 0. The van der Waals surface area contributed by atoms with Crippen LogP contribution in [0.15, 0.2) is 30.5 Å². The van der Waals surface area contributed by atoms with Crippen LogP contribution < -0.4 is 4.90 Å². The molecule has 3 heterocycles. The number of benzene rings is 1. The Kier molecular flexibility index (Phi) is 6.16. The lowest BCUT2D eigenvalue weighted by Crippen LogP contribution is -2.47. The average Bonchev–Trinajstić information content (AvgIpc) is 2.89. The van der Waals surface area contributed by atoms with Gasteiger partial charge in [0.05, 0.1) is 5.56 Å². The van der Waals surface area contributed by atoms with Crippen LogP contribution in [-0.4, -0.2) is 66.1 Å². The number of anilines is 1. The third kappa shape index (κ3) is 4.46. The number of fused-ring (bicyclic) bond motifs is 1. The standard InChI is InChI=1S/C23H31ClN4O/c1-18-17-25(2)21-5-3-11-28(23(29)22(18)21)12-4-10-26-13-15-27(16-14-26)20-8-6-19(24)7-9-20/h6-9,17H,3-5,10-16H2,1-2H3. The monoisotopic (exact) mass is 414 g/mol. The number of nitrogens with zero attached hydrogens (tertiary/aromatic N) is 4. The van der Waals surface area contributed by atoms with E-state index in [0.717, 1.165) is 81.2 Å². The van der Waals surface area contributed by atoms with Crippen molar-refractivity contribution in [3.05, 3.63) is 52.3 Å². The van der Waals surface area contributed by atoms with E-state index >= 15 is 0 Å². The third-order valence-electron chi connectivity index (χ3n) is 6.31. The molecule has 6 heteroatoms. The zero-order valence-corrected chi connectivity index (χ0v) is 18.3. The van der Waals surface area contributed by atoms with Gasteiger partial charge >= 0.3 is 0 Å². The first-order valence-electron chi connectivity index (χ1n) is 10.7. The second kappa shape index (κ2) is 8.80. The summed E-state index contributed by atoms with van der Waals surface area (Å²) < 4.78 is 2.13. The molecule has 0 saturated carbocycles. The molecule has 4 rings (SSSR count). The van der Waals surface area contributed by atoms with Crippen molar-refractivity contribution in [3.63, 3.8) is 0 Å². The van der Waals surface area contributed by atoms with Gasteiger partial charge in [-0.3, -0.25) is 9.69 Å². The molecule has 0 N–H and O–H groups in total. The zero-order valence-electron chi connectivity index (χ0n) is 17.5. The van der Waals surface area contributed by atoms with E-state index in [-0.39, 0.29) is 5.91 Å². The number of carbonyl (C=O) groups is 1. The van der Waals surface area contributed by atoms with Crippen molar-refractivity contribution in [2.24, 2.45) is 7.05 Å². The van der Waals surface area contributed by atoms with Gasteiger partial charge in [0.1, 0.15) is 0 Å². The fourth-order valence-electron chi connectivity index (χ4n) is 4.71. The maximum atomic E-state index is 13.1. The summed E-state index contributed by atoms with van der Waals surface area (Å²) in [6.45, 7) is 9.05. The van der Waals surface area contributed by atoms with E-state index in [1.54, 1.807) is 0 Å². The highest BCUT2D eigenvalue weighted by atomic mass is 35.5. The van der Waals surface area contributed by atoms with Crippen molar-refractivity contribution >= 4 is 23.2 Å². The van der Waals surface area contributed by atoms with Crippen molar-refractivity contribution in [3.8, 4) is 0 Å². The number of aromatic nitrogens is 1. The van der Waals surface area contributed by atoms with Gasteiger partial charge in [0.2, 0.25) is 0 Å². The van der Waals surface area contributed by atoms with E-state index in [0.29, 0.717) is 0 Å². The molecule has 5 nitrogen and oxygen atoms in total. The maximum Gasteiger partial charge on any atom is 0.255 e. The van der Waals surface area contributed by atoms with Crippen LogP contribution in [0.5, 0.6) is 0 Å². The van der Waals surface area contributed by atoms with E-state index in [9.17, 15) is 4.79 Å². The van der Waals surface area contributed by atoms with Gasteiger partial charge < -0.3 is 14.4 Å². The third-order valence-corrected chi connectivity index (χ3v) is 6.56. The molecule has 1 fully saturated rings. The SMILES string of the molecule is Cc1cn(C)c2c1C(=O)N(CCCN1CCN(c3ccc(Cl)cc3)CC1)CCC2. The lowest BCUT2D eigenvalue weighted by atomic mass is 10.1. The molecule has 0 atom stereocenters. The molecule has 1 saturated heterocycles. The van der Waals surface area contributed by atoms with E-state index in [1.165, 1.54) is 11.4 Å². The summed E-state index contributed by atoms with van der Waals surface area (Å²) in [5, 5.41) is 0.785. The van der Waals surface area contributed by atoms with Crippen LogP contribution in [0.2, 0.25) is 5.02 Å². The topological polar surface area (TPSA) is 31.7 Å². The van der Waals surface area contributed by atoms with Gasteiger partial charge in [0, 0.05) is 68.9 Å². The highest BCUT2D eigenvalue weighted by molar-refractivity contribution is 6.30. The van der Waals surface area contributed by atoms with E-state index in [1.807, 2.05) is 12.1 Å². The molecule has 29 heavy (non-hydrogen) atoms. The summed E-state index contributed by atoms with van der Waals surface area (Å²) in [6, 6.07) is 8.12. The lowest BCUT2D eigenvalue weighted by molar-refractivity contribution is 0.0752. The Hall–Kier alpha value is -1.98. The van der Waals surface area contributed by atoms with Crippen molar-refractivity contribution in [1.82, 2.24) is 14.4 Å². The summed E-state index contributed by atoms with van der Waals surface area (Å²) in [4.78, 5) is 20.1. The fraction of sp³-hybridized carbons (Fsp3) is 0.522. The summed E-state index contributed by atoms with van der Waals surface area (Å²) >= 11 is 6.00. The highest BCUT2D eigenvalue weighted by Gasteiger charge is 2.26. The van der Waals surface area contributed by atoms with Gasteiger partial charge in [0.15, 0.2) is 0 Å². The Labute approximate surface area is 178 Å². The number of carbonyl (C=O) groups excluding carboxylic acids is 1. The molecule has 2 aromatic rings. The average molecular weight is 415 g/mol. The lowest BCUT2D eigenvalue weighted by Gasteiger charge is -2.36. The minimum Gasteiger partial charge on any atom is -0.369 e. The van der Waals surface area contributed by atoms with Crippen molar-refractivity contribution in [1.29, 1.82) is 0 Å². The Balaban J connectivity index is 1.26. The number of aryl methyl sites for hydroxylation is 2. The summed E-state index contributed by atoms with van der Waals surface area (Å²) in [5.74, 6) is 0.225. The predicted molar refractivity (Wildman–Crippen MR) is 119 cm³/mol. The molecule has 156 valence electrons. The van der Waals surface area contributed by atoms with Crippen molar-refractivity contribution < 1.29 is 4.79 Å². The van der Waals surface area contributed by atoms with Gasteiger partial charge in [0.25, 0.3) is 5.91 Å². The Morgan fingerprint density at radius 2 is 1.72 bits per heavy atom. The summed E-state index contributed by atoms with van der Waals surface area (Å²) in [6.07, 6.45) is 5.17. The molecule has 0 unspecified atom stereocenters. The van der Waals surface area contributed by atoms with Crippen LogP contribution in [0.4, 0.5) is 5.69 Å². The number of hydrogen-bond acceptors (Lipinski definition) is 3. The fourth-order valence-corrected chi connectivity index (χ4v) is 4.83. The molecule has 1 aromatic heterocycles. The van der Waals surface area contributed by atoms with Crippen LogP contribution in [0.3, 0.4) is 0 Å². The first-order valence-corrected chi connectivity index (χ1v) is 11.1. The molecule has 2 aliphatic rings. The minimum atomic E-state index is 0.225. The second-order valence-corrected chi connectivity index (χ2v) is 8.74. The van der Waals surface area contributed by atoms with Gasteiger partial charge in [-0.05, 0) is 62.6 Å². The molecule has 0 spiro atoms. The van der Waals surface area contributed by atoms with Crippen molar-refractivity contribution in [2.75, 3.05) is 50.7 Å². The molecule has 1 aromatic carbocycles. The largest absolute Gasteiger partial charge is 0.369 e. The van der Waals surface area contributed by atoms with E-state index < -0.39 is 0 Å². The van der Waals surface area contributed by atoms with Gasteiger partial charge in [-0.25, -0.2) is 0 Å². The molecular formula is C23H31ClN4O. The van der Waals surface area contributed by atoms with Gasteiger partial charge in [-0.15, -0.1) is 0 Å². The number of amides is 1. The van der Waals surface area contributed by atoms with Crippen LogP contribution in [0, 0.1) is 6.92 Å². The quantitative estimate of drug-likeness (QED) is 0.749. The Morgan fingerprint density at radius 1 is 1.00 bits per heavy atom. The molecular weight excluding hydrogens is 384 g/mol. The van der Waals surface area contributed by atoms with E-state index in [2.05, 4.69) is 51.6 Å². The summed E-state index contributed by atoms with van der Waals surface area (Å²) in [5.41, 5.74) is 4.51. The molecule has 0 bridgehead atoms. The van der Waals surface area contributed by atoms with Gasteiger partial charge in [-0.2, -0.15) is 0 Å². The smallest absolute Gasteiger partial charge is 0.255 e. The summed E-state index contributed by atoms with van der Waals surface area (Å²) in [7, 11) is 2.05. The van der Waals surface area contributed by atoms with E-state index in [4.69, 9.17) is 11.6 Å². The zero-order chi connectivity index (χ0) is 20.4. The molecule has 1 amide bonds. The first-order chi connectivity index (χ1) is 14.0. The molecule has 0 radical (unpaired) electrons. The van der Waals surface area contributed by atoms with Crippen LogP contribution in [0.1, 0.15) is 34.5 Å². The van der Waals surface area contributed by atoms with Gasteiger partial charge in [-0.1, -0.05) is 11.6 Å². The highest BCUT2D eigenvalue weighted by Crippen LogP contribution is 2.24. The van der Waals surface area contributed by atoms with Crippen molar-refractivity contribution in [2.45, 2.75) is 26.2 Å². The maximum absolute atomic E-state index is 13.1. The minimum absolute atomic E-state index is 0.225. The normalized spacial score (nSPS) is 18.1. The Bertz CT molecular complexity index is 853. The molecule has 0 aliphatic carbocycles. The second-order valence-electron chi connectivity index (χ2n) is 8.30. The van der Waals surface area contributed by atoms with Crippen LogP contribution in [0.25, 0.3) is 0 Å². The number of rotatable bonds is 5. The first kappa shape index (κ1) is 20.3. The Morgan fingerprint density at radius 3 is 2.45 bits per heavy atom. The van der Waals surface area contributed by atoms with Crippen LogP contribution in [-0.2, 0) is 13.5 Å². The number of halogens is 1. The predicted octanol–water partition coefficient (Wildman–Crippen LogP) is 3.59. The molecule has 2 aliphatic heterocycles. The van der Waals surface area contributed by atoms with Crippen LogP contribution >= 0.6 is 11.6 Å².